The summed E-state index contributed by atoms with van der Waals surface area (Å²) in [7, 11) is 1.90. The summed E-state index contributed by atoms with van der Waals surface area (Å²) in [6.45, 7) is 18.5. The Morgan fingerprint density at radius 1 is 1.31 bits per heavy atom. The van der Waals surface area contributed by atoms with E-state index in [0.29, 0.717) is 12.1 Å². The average molecular weight is 481 g/mol. The molecule has 2 heterocycles. The van der Waals surface area contributed by atoms with E-state index in [1.807, 2.05) is 7.05 Å². The molecule has 2 rings (SSSR count). The van der Waals surface area contributed by atoms with E-state index in [1.165, 1.54) is 13.0 Å². The second-order valence-electron chi connectivity index (χ2n) is 7.53. The summed E-state index contributed by atoms with van der Waals surface area (Å²) in [6, 6.07) is 0.988. The van der Waals surface area contributed by atoms with Crippen molar-refractivity contribution in [3.8, 4) is 0 Å². The van der Waals surface area contributed by atoms with E-state index in [4.69, 9.17) is 4.74 Å². The first-order valence-corrected chi connectivity index (χ1v) is 10.1. The average Bonchev–Trinajstić information content (AvgIpc) is 3.08. The predicted octanol–water partition coefficient (Wildman–Crippen LogP) is 1.95. The Morgan fingerprint density at radius 2 is 2.04 bits per heavy atom. The van der Waals surface area contributed by atoms with Gasteiger partial charge in [0, 0.05) is 51.9 Å². The van der Waals surface area contributed by atoms with Gasteiger partial charge in [0.1, 0.15) is 0 Å². The van der Waals surface area contributed by atoms with E-state index in [-0.39, 0.29) is 24.0 Å². The molecule has 0 aromatic carbocycles. The molecule has 26 heavy (non-hydrogen) atoms. The zero-order chi connectivity index (χ0) is 18.2. The molecule has 0 spiro atoms. The van der Waals surface area contributed by atoms with Crippen molar-refractivity contribution in [2.75, 3.05) is 66.1 Å². The first-order valence-electron chi connectivity index (χ1n) is 10.1. The first-order chi connectivity index (χ1) is 12.1. The molecule has 6 nitrogen and oxygen atoms in total. The predicted molar refractivity (Wildman–Crippen MR) is 121 cm³/mol. The van der Waals surface area contributed by atoms with E-state index >= 15 is 0 Å². The monoisotopic (exact) mass is 481 g/mol. The molecular formula is C19H40IN5O. The van der Waals surface area contributed by atoms with Gasteiger partial charge in [-0.1, -0.05) is 13.8 Å². The molecule has 3 atom stereocenters. The molecule has 2 saturated heterocycles. The highest BCUT2D eigenvalue weighted by molar-refractivity contribution is 14.0. The fourth-order valence-corrected chi connectivity index (χ4v) is 4.10. The maximum absolute atomic E-state index is 5.55. The number of aliphatic imine (C=N–C) groups is 1. The van der Waals surface area contributed by atoms with E-state index in [9.17, 15) is 0 Å². The van der Waals surface area contributed by atoms with Crippen LogP contribution >= 0.6 is 24.0 Å². The van der Waals surface area contributed by atoms with Crippen LogP contribution in [0.4, 0.5) is 0 Å². The Kier molecular flexibility index (Phi) is 11.4. The molecule has 2 aliphatic heterocycles. The topological polar surface area (TPSA) is 43.3 Å². The van der Waals surface area contributed by atoms with Gasteiger partial charge in [0.05, 0.1) is 13.2 Å². The van der Waals surface area contributed by atoms with E-state index < -0.39 is 0 Å². The van der Waals surface area contributed by atoms with E-state index in [1.54, 1.807) is 0 Å². The molecular weight excluding hydrogens is 441 g/mol. The molecule has 0 aliphatic carbocycles. The van der Waals surface area contributed by atoms with Gasteiger partial charge in [-0.3, -0.25) is 9.89 Å². The minimum atomic E-state index is 0. The Hall–Kier alpha value is -0.120. The molecule has 0 radical (unpaired) electrons. The van der Waals surface area contributed by atoms with Crippen LogP contribution in [-0.2, 0) is 4.74 Å². The van der Waals surface area contributed by atoms with Crippen LogP contribution in [-0.4, -0.2) is 98.8 Å². The third-order valence-corrected chi connectivity index (χ3v) is 5.75. The summed E-state index contributed by atoms with van der Waals surface area (Å²) in [5, 5.41) is 3.61. The van der Waals surface area contributed by atoms with Crippen molar-refractivity contribution in [2.45, 2.75) is 46.2 Å². The van der Waals surface area contributed by atoms with Crippen molar-refractivity contribution in [1.82, 2.24) is 20.0 Å². The lowest BCUT2D eigenvalue weighted by Crippen LogP contribution is -2.53. The number of nitrogens with one attached hydrogen (secondary N) is 1. The first kappa shape index (κ1) is 23.9. The van der Waals surface area contributed by atoms with Gasteiger partial charge >= 0.3 is 0 Å². The van der Waals surface area contributed by atoms with Gasteiger partial charge in [0.15, 0.2) is 5.96 Å². The molecule has 2 aliphatic rings. The second-order valence-corrected chi connectivity index (χ2v) is 7.53. The largest absolute Gasteiger partial charge is 0.379 e. The van der Waals surface area contributed by atoms with Crippen LogP contribution < -0.4 is 5.32 Å². The third kappa shape index (κ3) is 6.80. The molecule has 154 valence electrons. The van der Waals surface area contributed by atoms with Gasteiger partial charge in [-0.05, 0) is 39.3 Å². The highest BCUT2D eigenvalue weighted by atomic mass is 127. The number of hydrogen-bond donors (Lipinski definition) is 1. The zero-order valence-corrected chi connectivity index (χ0v) is 19.7. The van der Waals surface area contributed by atoms with E-state index in [2.05, 4.69) is 52.7 Å². The third-order valence-electron chi connectivity index (χ3n) is 5.75. The van der Waals surface area contributed by atoms with Crippen molar-refractivity contribution in [1.29, 1.82) is 0 Å². The molecule has 0 aromatic rings. The van der Waals surface area contributed by atoms with Gasteiger partial charge < -0.3 is 19.9 Å². The summed E-state index contributed by atoms with van der Waals surface area (Å²) in [6.07, 6.45) is 1.27. The van der Waals surface area contributed by atoms with Crippen molar-refractivity contribution >= 4 is 29.9 Å². The van der Waals surface area contributed by atoms with Gasteiger partial charge in [-0.25, -0.2) is 0 Å². The second kappa shape index (κ2) is 12.4. The number of guanidine groups is 1. The summed E-state index contributed by atoms with van der Waals surface area (Å²) in [4.78, 5) is 12.0. The van der Waals surface area contributed by atoms with Gasteiger partial charge in [0.25, 0.3) is 0 Å². The summed E-state index contributed by atoms with van der Waals surface area (Å²) in [5.74, 6) is 1.82. The van der Waals surface area contributed by atoms with Crippen LogP contribution in [0.1, 0.15) is 34.1 Å². The fraction of sp³-hybridized carbons (Fsp3) is 0.947. The smallest absolute Gasteiger partial charge is 0.193 e. The summed E-state index contributed by atoms with van der Waals surface area (Å²) < 4.78 is 5.55. The molecule has 0 aromatic heterocycles. The van der Waals surface area contributed by atoms with Crippen LogP contribution in [0.2, 0.25) is 0 Å². The number of morpholine rings is 1. The van der Waals surface area contributed by atoms with Crippen LogP contribution in [0, 0.1) is 5.92 Å². The maximum Gasteiger partial charge on any atom is 0.193 e. The van der Waals surface area contributed by atoms with Gasteiger partial charge in [-0.2, -0.15) is 0 Å². The molecule has 0 amide bonds. The normalized spacial score (nSPS) is 26.1. The fourth-order valence-electron chi connectivity index (χ4n) is 4.10. The van der Waals surface area contributed by atoms with E-state index in [0.717, 1.165) is 64.4 Å². The Bertz CT molecular complexity index is 419. The molecule has 0 bridgehead atoms. The Labute approximate surface area is 177 Å². The summed E-state index contributed by atoms with van der Waals surface area (Å²) >= 11 is 0. The molecule has 3 unspecified atom stereocenters. The SMILES string of the molecule is CCN(CC)CC1CCN(C(=NC)NCC(C)N2CCOCC2C)C1.I. The highest BCUT2D eigenvalue weighted by Gasteiger charge is 2.27. The lowest BCUT2D eigenvalue weighted by Gasteiger charge is -2.38. The minimum absolute atomic E-state index is 0. The minimum Gasteiger partial charge on any atom is -0.379 e. The number of halogens is 1. The van der Waals surface area contributed by atoms with Crippen molar-refractivity contribution < 1.29 is 4.74 Å². The zero-order valence-electron chi connectivity index (χ0n) is 17.4. The van der Waals surface area contributed by atoms with Crippen LogP contribution in [0.3, 0.4) is 0 Å². The lowest BCUT2D eigenvalue weighted by atomic mass is 10.1. The molecule has 7 heteroatoms. The Morgan fingerprint density at radius 3 is 2.65 bits per heavy atom. The van der Waals surface area contributed by atoms with Crippen LogP contribution in [0.15, 0.2) is 4.99 Å². The number of ether oxygens (including phenoxy) is 1. The standard InChI is InChI=1S/C19H39N5O.HI/c1-6-22(7-2)13-18-8-9-23(14-18)19(20-5)21-12-16(3)24-10-11-25-15-17(24)4;/h16-18H,6-15H2,1-5H3,(H,20,21);1H. The maximum atomic E-state index is 5.55. The number of nitrogens with zero attached hydrogens (tertiary/aromatic N) is 4. The quantitative estimate of drug-likeness (QED) is 0.342. The number of likely N-dealkylation sites (tertiary alicyclic amines) is 1. The lowest BCUT2D eigenvalue weighted by molar-refractivity contribution is -0.0175. The molecule has 1 N–H and O–H groups in total. The summed E-state index contributed by atoms with van der Waals surface area (Å²) in [5.41, 5.74) is 0. The number of hydrogen-bond acceptors (Lipinski definition) is 4. The Balaban J connectivity index is 0.00000338. The number of rotatable bonds is 7. The van der Waals surface area contributed by atoms with Crippen LogP contribution in [0.25, 0.3) is 0 Å². The molecule has 0 saturated carbocycles. The van der Waals surface area contributed by atoms with Gasteiger partial charge in [-0.15, -0.1) is 24.0 Å². The van der Waals surface area contributed by atoms with Crippen molar-refractivity contribution in [3.05, 3.63) is 0 Å². The van der Waals surface area contributed by atoms with Crippen molar-refractivity contribution in [3.63, 3.8) is 0 Å². The van der Waals surface area contributed by atoms with Crippen molar-refractivity contribution in [2.24, 2.45) is 10.9 Å². The molecule has 2 fully saturated rings. The highest BCUT2D eigenvalue weighted by Crippen LogP contribution is 2.18. The van der Waals surface area contributed by atoms with Gasteiger partial charge in [0.2, 0.25) is 0 Å². The van der Waals surface area contributed by atoms with Crippen LogP contribution in [0.5, 0.6) is 0 Å².